The Kier molecular flexibility index (Phi) is 4.58. The molecule has 1 unspecified atom stereocenters. The van der Waals surface area contributed by atoms with E-state index in [1.807, 2.05) is 0 Å². The topological polar surface area (TPSA) is 30.5 Å². The molecular weight excluding hydrogens is 250 g/mol. The largest absolute Gasteiger partial charge is 0.497 e. The summed E-state index contributed by atoms with van der Waals surface area (Å²) in [5, 5.41) is 3.69. The van der Waals surface area contributed by atoms with Gasteiger partial charge in [-0.3, -0.25) is 0 Å². The van der Waals surface area contributed by atoms with Crippen molar-refractivity contribution in [3.05, 3.63) is 29.8 Å². The van der Waals surface area contributed by atoms with Crippen LogP contribution >= 0.6 is 0 Å². The fourth-order valence-corrected chi connectivity index (χ4v) is 3.24. The molecule has 3 rings (SSSR count). The molecule has 0 bridgehead atoms. The molecule has 1 N–H and O–H groups in total. The first-order valence-corrected chi connectivity index (χ1v) is 7.80. The predicted molar refractivity (Wildman–Crippen MR) is 80.3 cm³/mol. The summed E-state index contributed by atoms with van der Waals surface area (Å²) in [6.45, 7) is 3.09. The molecule has 3 nitrogen and oxygen atoms in total. The fraction of sp³-hybridized carbons (Fsp3) is 0.647. The van der Waals surface area contributed by atoms with Crippen molar-refractivity contribution in [3.63, 3.8) is 0 Å². The van der Waals surface area contributed by atoms with E-state index in [1.54, 1.807) is 7.11 Å². The Morgan fingerprint density at radius 2 is 2.05 bits per heavy atom. The molecule has 1 saturated carbocycles. The fourth-order valence-electron chi connectivity index (χ4n) is 3.24. The normalized spacial score (nSPS) is 29.1. The van der Waals surface area contributed by atoms with Gasteiger partial charge in [0, 0.05) is 19.3 Å². The first-order valence-electron chi connectivity index (χ1n) is 7.80. The van der Waals surface area contributed by atoms with Crippen LogP contribution in [0.2, 0.25) is 0 Å². The van der Waals surface area contributed by atoms with Crippen molar-refractivity contribution in [2.45, 2.75) is 37.6 Å². The van der Waals surface area contributed by atoms with Crippen LogP contribution in [-0.4, -0.2) is 32.9 Å². The van der Waals surface area contributed by atoms with E-state index in [-0.39, 0.29) is 0 Å². The van der Waals surface area contributed by atoms with E-state index in [9.17, 15) is 0 Å². The molecule has 1 saturated heterocycles. The van der Waals surface area contributed by atoms with E-state index in [0.29, 0.717) is 6.04 Å². The second-order valence-electron chi connectivity index (χ2n) is 6.11. The highest BCUT2D eigenvalue weighted by atomic mass is 16.5. The summed E-state index contributed by atoms with van der Waals surface area (Å²) < 4.78 is 10.6. The number of nitrogens with one attached hydrogen (secondary N) is 1. The summed E-state index contributed by atoms with van der Waals surface area (Å²) in [6.07, 6.45) is 5.06. The van der Waals surface area contributed by atoms with Crippen molar-refractivity contribution in [1.82, 2.24) is 5.32 Å². The minimum atomic E-state index is 0.712. The Labute approximate surface area is 121 Å². The molecule has 0 spiro atoms. The highest BCUT2D eigenvalue weighted by molar-refractivity contribution is 5.30. The summed E-state index contributed by atoms with van der Waals surface area (Å²) >= 11 is 0. The molecular formula is C17H25NO2. The van der Waals surface area contributed by atoms with Gasteiger partial charge in [0.1, 0.15) is 5.75 Å². The molecule has 20 heavy (non-hydrogen) atoms. The lowest BCUT2D eigenvalue weighted by Gasteiger charge is -2.36. The van der Waals surface area contributed by atoms with Gasteiger partial charge in [-0.25, -0.2) is 0 Å². The number of ether oxygens (including phenoxy) is 2. The number of methoxy groups -OCH3 is 1. The quantitative estimate of drug-likeness (QED) is 0.866. The van der Waals surface area contributed by atoms with Crippen molar-refractivity contribution in [1.29, 1.82) is 0 Å². The van der Waals surface area contributed by atoms with Crippen molar-refractivity contribution < 1.29 is 9.47 Å². The van der Waals surface area contributed by atoms with Crippen molar-refractivity contribution in [2.75, 3.05) is 26.9 Å². The second kappa shape index (κ2) is 6.59. The number of hydrogen-bond donors (Lipinski definition) is 1. The molecule has 1 atom stereocenters. The van der Waals surface area contributed by atoms with Gasteiger partial charge in [-0.05, 0) is 61.8 Å². The predicted octanol–water partition coefficient (Wildman–Crippen LogP) is 2.96. The summed E-state index contributed by atoms with van der Waals surface area (Å²) in [6, 6.07) is 9.25. The maximum absolute atomic E-state index is 5.41. The third kappa shape index (κ3) is 3.33. The van der Waals surface area contributed by atoms with E-state index < -0.39 is 0 Å². The zero-order valence-electron chi connectivity index (χ0n) is 12.3. The molecule has 3 heteroatoms. The third-order valence-electron chi connectivity index (χ3n) is 4.73. The average molecular weight is 275 g/mol. The van der Waals surface area contributed by atoms with Crippen LogP contribution in [0.1, 0.15) is 37.2 Å². The van der Waals surface area contributed by atoms with Crippen LogP contribution in [0.25, 0.3) is 0 Å². The van der Waals surface area contributed by atoms with Crippen LogP contribution in [-0.2, 0) is 4.74 Å². The highest BCUT2D eigenvalue weighted by Gasteiger charge is 2.29. The number of benzene rings is 1. The van der Waals surface area contributed by atoms with Gasteiger partial charge < -0.3 is 14.8 Å². The molecule has 0 aromatic heterocycles. The Morgan fingerprint density at radius 1 is 1.25 bits per heavy atom. The molecule has 110 valence electrons. The van der Waals surface area contributed by atoms with E-state index in [4.69, 9.17) is 9.47 Å². The van der Waals surface area contributed by atoms with Gasteiger partial charge in [0.05, 0.1) is 7.11 Å². The minimum absolute atomic E-state index is 0.712. The maximum Gasteiger partial charge on any atom is 0.118 e. The standard InChI is InChI=1S/C17H25NO2/c1-19-17-4-2-14(3-5-17)15-10-16(11-15)18-8-6-13-7-9-20-12-13/h2-5,13,15-16,18H,6-12H2,1H3. The van der Waals surface area contributed by atoms with Gasteiger partial charge in [0.15, 0.2) is 0 Å². The first kappa shape index (κ1) is 13.9. The summed E-state index contributed by atoms with van der Waals surface area (Å²) in [4.78, 5) is 0. The van der Waals surface area contributed by atoms with E-state index in [1.165, 1.54) is 31.2 Å². The Balaban J connectivity index is 1.35. The van der Waals surface area contributed by atoms with Crippen molar-refractivity contribution in [3.8, 4) is 5.75 Å². The summed E-state index contributed by atoms with van der Waals surface area (Å²) in [5.74, 6) is 2.47. The summed E-state index contributed by atoms with van der Waals surface area (Å²) in [5.41, 5.74) is 1.45. The van der Waals surface area contributed by atoms with Crippen LogP contribution in [0.5, 0.6) is 5.75 Å². The minimum Gasteiger partial charge on any atom is -0.497 e. The number of rotatable bonds is 6. The van der Waals surface area contributed by atoms with Gasteiger partial charge in [-0.15, -0.1) is 0 Å². The van der Waals surface area contributed by atoms with Crippen LogP contribution in [0.3, 0.4) is 0 Å². The van der Waals surface area contributed by atoms with Gasteiger partial charge in [0.2, 0.25) is 0 Å². The van der Waals surface area contributed by atoms with Crippen molar-refractivity contribution >= 4 is 0 Å². The second-order valence-corrected chi connectivity index (χ2v) is 6.11. The molecule has 1 aliphatic carbocycles. The van der Waals surface area contributed by atoms with Crippen LogP contribution < -0.4 is 10.1 Å². The van der Waals surface area contributed by atoms with Gasteiger partial charge in [0.25, 0.3) is 0 Å². The lowest BCUT2D eigenvalue weighted by atomic mass is 9.76. The van der Waals surface area contributed by atoms with Gasteiger partial charge in [-0.1, -0.05) is 12.1 Å². The molecule has 1 aromatic rings. The monoisotopic (exact) mass is 275 g/mol. The SMILES string of the molecule is COc1ccc(C2CC(NCCC3CCOC3)C2)cc1. The Hall–Kier alpha value is -1.06. The Morgan fingerprint density at radius 3 is 2.70 bits per heavy atom. The molecule has 0 radical (unpaired) electrons. The van der Waals surface area contributed by atoms with E-state index in [2.05, 4.69) is 29.6 Å². The molecule has 0 amide bonds. The highest BCUT2D eigenvalue weighted by Crippen LogP contribution is 2.37. The smallest absolute Gasteiger partial charge is 0.118 e. The van der Waals surface area contributed by atoms with Gasteiger partial charge >= 0.3 is 0 Å². The third-order valence-corrected chi connectivity index (χ3v) is 4.73. The molecule has 1 aromatic carbocycles. The van der Waals surface area contributed by atoms with Gasteiger partial charge in [-0.2, -0.15) is 0 Å². The summed E-state index contributed by atoms with van der Waals surface area (Å²) in [7, 11) is 1.72. The maximum atomic E-state index is 5.41. The van der Waals surface area contributed by atoms with Crippen LogP contribution in [0, 0.1) is 5.92 Å². The van der Waals surface area contributed by atoms with Crippen LogP contribution in [0.4, 0.5) is 0 Å². The zero-order valence-corrected chi connectivity index (χ0v) is 12.3. The van der Waals surface area contributed by atoms with Crippen molar-refractivity contribution in [2.24, 2.45) is 5.92 Å². The molecule has 1 aliphatic heterocycles. The molecule has 2 aliphatic rings. The van der Waals surface area contributed by atoms with E-state index in [0.717, 1.165) is 37.3 Å². The van der Waals surface area contributed by atoms with E-state index >= 15 is 0 Å². The first-order chi connectivity index (χ1) is 9.85. The zero-order chi connectivity index (χ0) is 13.8. The Bertz CT molecular complexity index is 406. The lowest BCUT2D eigenvalue weighted by Crippen LogP contribution is -2.40. The number of hydrogen-bond acceptors (Lipinski definition) is 3. The lowest BCUT2D eigenvalue weighted by molar-refractivity contribution is 0.183. The molecule has 2 fully saturated rings. The van der Waals surface area contributed by atoms with Crippen LogP contribution in [0.15, 0.2) is 24.3 Å². The average Bonchev–Trinajstić information content (AvgIpc) is 2.95. The molecule has 1 heterocycles.